The highest BCUT2D eigenvalue weighted by molar-refractivity contribution is 7.89. The van der Waals surface area contributed by atoms with Gasteiger partial charge in [-0.15, -0.1) is 0 Å². The first-order valence-corrected chi connectivity index (χ1v) is 9.45. The average molecular weight is 394 g/mol. The molecule has 0 heterocycles. The molecule has 0 saturated carbocycles. The lowest BCUT2D eigenvalue weighted by molar-refractivity contribution is 0.0994. The van der Waals surface area contributed by atoms with Gasteiger partial charge in [-0.1, -0.05) is 0 Å². The van der Waals surface area contributed by atoms with Gasteiger partial charge in [0, 0.05) is 14.1 Å². The monoisotopic (exact) mass is 394 g/mol. The number of hydrogen-bond acceptors (Lipinski definition) is 6. The summed E-state index contributed by atoms with van der Waals surface area (Å²) in [5.74, 6) is 0.711. The SMILES string of the molecule is COc1ccc(OCCOc2ccc(S(=O)(=O)N(C)C)cc2)c(C(N)=O)c1. The van der Waals surface area contributed by atoms with E-state index in [1.54, 1.807) is 24.3 Å². The van der Waals surface area contributed by atoms with E-state index in [1.165, 1.54) is 39.4 Å². The number of amides is 1. The number of nitrogens with zero attached hydrogens (tertiary/aromatic N) is 1. The molecule has 0 atom stereocenters. The zero-order valence-corrected chi connectivity index (χ0v) is 16.2. The fourth-order valence-corrected chi connectivity index (χ4v) is 3.09. The second kappa shape index (κ2) is 8.74. The van der Waals surface area contributed by atoms with Crippen molar-refractivity contribution in [1.29, 1.82) is 0 Å². The molecule has 2 N–H and O–H groups in total. The molecule has 0 aliphatic carbocycles. The van der Waals surface area contributed by atoms with E-state index in [2.05, 4.69) is 0 Å². The molecule has 0 fully saturated rings. The molecule has 0 unspecified atom stereocenters. The van der Waals surface area contributed by atoms with Gasteiger partial charge in [-0.3, -0.25) is 4.79 Å². The van der Waals surface area contributed by atoms with E-state index in [9.17, 15) is 13.2 Å². The number of benzene rings is 2. The third kappa shape index (κ3) is 5.11. The van der Waals surface area contributed by atoms with Crippen LogP contribution in [-0.4, -0.2) is 53.0 Å². The van der Waals surface area contributed by atoms with Crippen molar-refractivity contribution in [3.8, 4) is 17.2 Å². The van der Waals surface area contributed by atoms with Gasteiger partial charge < -0.3 is 19.9 Å². The number of methoxy groups -OCH3 is 1. The molecular weight excluding hydrogens is 372 g/mol. The number of primary amides is 1. The molecule has 0 radical (unpaired) electrons. The molecule has 146 valence electrons. The lowest BCUT2D eigenvalue weighted by atomic mass is 10.2. The van der Waals surface area contributed by atoms with E-state index < -0.39 is 15.9 Å². The summed E-state index contributed by atoms with van der Waals surface area (Å²) in [7, 11) is 0.953. The van der Waals surface area contributed by atoms with Gasteiger partial charge >= 0.3 is 0 Å². The standard InChI is InChI=1S/C18H22N2O6S/c1-20(2)27(22,23)15-7-4-13(5-8-15)25-10-11-26-17-9-6-14(24-3)12-16(17)18(19)21/h4-9,12H,10-11H2,1-3H3,(H2,19,21). The Morgan fingerprint density at radius 1 is 1.00 bits per heavy atom. The van der Waals surface area contributed by atoms with Crippen molar-refractivity contribution in [3.63, 3.8) is 0 Å². The maximum atomic E-state index is 12.0. The average Bonchev–Trinajstić information content (AvgIpc) is 2.65. The van der Waals surface area contributed by atoms with Gasteiger partial charge in [-0.25, -0.2) is 12.7 Å². The number of sulfonamides is 1. The zero-order valence-electron chi connectivity index (χ0n) is 15.3. The van der Waals surface area contributed by atoms with Crippen molar-refractivity contribution in [2.45, 2.75) is 4.90 Å². The zero-order chi connectivity index (χ0) is 20.0. The molecule has 0 aromatic heterocycles. The van der Waals surface area contributed by atoms with Gasteiger partial charge in [0.05, 0.1) is 17.6 Å². The minimum Gasteiger partial charge on any atom is -0.497 e. The van der Waals surface area contributed by atoms with E-state index in [-0.39, 0.29) is 23.7 Å². The van der Waals surface area contributed by atoms with Crippen LogP contribution in [0.15, 0.2) is 47.4 Å². The number of nitrogens with two attached hydrogens (primary N) is 1. The van der Waals surface area contributed by atoms with Crippen molar-refractivity contribution in [2.24, 2.45) is 5.73 Å². The summed E-state index contributed by atoms with van der Waals surface area (Å²) in [5, 5.41) is 0. The Hall–Kier alpha value is -2.78. The highest BCUT2D eigenvalue weighted by atomic mass is 32.2. The van der Waals surface area contributed by atoms with Crippen molar-refractivity contribution < 1.29 is 27.4 Å². The van der Waals surface area contributed by atoms with Crippen LogP contribution in [0.5, 0.6) is 17.2 Å². The number of ether oxygens (including phenoxy) is 3. The van der Waals surface area contributed by atoms with Crippen LogP contribution in [0.2, 0.25) is 0 Å². The van der Waals surface area contributed by atoms with E-state index >= 15 is 0 Å². The quantitative estimate of drug-likeness (QED) is 0.646. The minimum atomic E-state index is -3.47. The van der Waals surface area contributed by atoms with Crippen LogP contribution in [-0.2, 0) is 10.0 Å². The second-order valence-electron chi connectivity index (χ2n) is 5.68. The molecule has 8 nitrogen and oxygen atoms in total. The normalized spacial score (nSPS) is 11.3. The Kier molecular flexibility index (Phi) is 6.65. The Bertz CT molecular complexity index is 895. The lowest BCUT2D eigenvalue weighted by Gasteiger charge is -2.13. The minimum absolute atomic E-state index is 0.171. The van der Waals surface area contributed by atoms with Gasteiger partial charge in [0.1, 0.15) is 30.5 Å². The lowest BCUT2D eigenvalue weighted by Crippen LogP contribution is -2.22. The summed E-state index contributed by atoms with van der Waals surface area (Å²) in [6.07, 6.45) is 0. The summed E-state index contributed by atoms with van der Waals surface area (Å²) >= 11 is 0. The fraction of sp³-hybridized carbons (Fsp3) is 0.278. The van der Waals surface area contributed by atoms with Crippen LogP contribution in [0.25, 0.3) is 0 Å². The number of rotatable bonds is 9. The van der Waals surface area contributed by atoms with E-state index in [0.29, 0.717) is 17.2 Å². The first-order valence-electron chi connectivity index (χ1n) is 8.01. The summed E-state index contributed by atoms with van der Waals surface area (Å²) in [5.41, 5.74) is 5.56. The molecule has 2 aromatic carbocycles. The van der Waals surface area contributed by atoms with Crippen LogP contribution in [0.3, 0.4) is 0 Å². The number of carbonyl (C=O) groups excluding carboxylic acids is 1. The second-order valence-corrected chi connectivity index (χ2v) is 7.83. The predicted octanol–water partition coefficient (Wildman–Crippen LogP) is 1.50. The van der Waals surface area contributed by atoms with Crippen LogP contribution in [0, 0.1) is 0 Å². The predicted molar refractivity (Wildman–Crippen MR) is 99.8 cm³/mol. The third-order valence-electron chi connectivity index (χ3n) is 3.66. The van der Waals surface area contributed by atoms with Crippen LogP contribution >= 0.6 is 0 Å². The summed E-state index contributed by atoms with van der Waals surface area (Å²) in [6, 6.07) is 10.8. The van der Waals surface area contributed by atoms with Crippen molar-refractivity contribution in [1.82, 2.24) is 4.31 Å². The Balaban J connectivity index is 1.93. The maximum absolute atomic E-state index is 12.0. The van der Waals surface area contributed by atoms with Crippen molar-refractivity contribution in [2.75, 3.05) is 34.4 Å². The van der Waals surface area contributed by atoms with Crippen LogP contribution in [0.1, 0.15) is 10.4 Å². The Morgan fingerprint density at radius 3 is 2.15 bits per heavy atom. The molecule has 0 aliphatic heterocycles. The fourth-order valence-electron chi connectivity index (χ4n) is 2.18. The Morgan fingerprint density at radius 2 is 1.59 bits per heavy atom. The van der Waals surface area contributed by atoms with Crippen LogP contribution < -0.4 is 19.9 Å². The van der Waals surface area contributed by atoms with Crippen LogP contribution in [0.4, 0.5) is 0 Å². The largest absolute Gasteiger partial charge is 0.497 e. The van der Waals surface area contributed by atoms with E-state index in [0.717, 1.165) is 4.31 Å². The van der Waals surface area contributed by atoms with Crippen molar-refractivity contribution >= 4 is 15.9 Å². The van der Waals surface area contributed by atoms with Gasteiger partial charge in [-0.2, -0.15) is 0 Å². The third-order valence-corrected chi connectivity index (χ3v) is 5.49. The molecule has 1 amide bonds. The van der Waals surface area contributed by atoms with Gasteiger partial charge in [0.25, 0.3) is 5.91 Å². The number of hydrogen-bond donors (Lipinski definition) is 1. The summed E-state index contributed by atoms with van der Waals surface area (Å²) in [6.45, 7) is 0.369. The Labute approximate surface area is 158 Å². The van der Waals surface area contributed by atoms with Gasteiger partial charge in [-0.05, 0) is 42.5 Å². The molecule has 0 saturated heterocycles. The molecule has 9 heteroatoms. The maximum Gasteiger partial charge on any atom is 0.252 e. The highest BCUT2D eigenvalue weighted by Gasteiger charge is 2.16. The topological polar surface area (TPSA) is 108 Å². The van der Waals surface area contributed by atoms with Gasteiger partial charge in [0.15, 0.2) is 0 Å². The summed E-state index contributed by atoms with van der Waals surface area (Å²) < 4.78 is 41.3. The van der Waals surface area contributed by atoms with Gasteiger partial charge in [0.2, 0.25) is 10.0 Å². The smallest absolute Gasteiger partial charge is 0.252 e. The molecule has 2 rings (SSSR count). The first kappa shape index (κ1) is 20.5. The molecule has 0 spiro atoms. The molecule has 2 aromatic rings. The number of carbonyl (C=O) groups is 1. The van der Waals surface area contributed by atoms with E-state index in [1.807, 2.05) is 0 Å². The molecule has 27 heavy (non-hydrogen) atoms. The molecule has 0 bridgehead atoms. The van der Waals surface area contributed by atoms with Crippen molar-refractivity contribution in [3.05, 3.63) is 48.0 Å². The molecular formula is C18H22N2O6S. The molecule has 0 aliphatic rings. The van der Waals surface area contributed by atoms with E-state index in [4.69, 9.17) is 19.9 Å². The first-order chi connectivity index (χ1) is 12.8. The highest BCUT2D eigenvalue weighted by Crippen LogP contribution is 2.24. The summed E-state index contributed by atoms with van der Waals surface area (Å²) in [4.78, 5) is 11.7.